The van der Waals surface area contributed by atoms with Crippen LogP contribution in [0.25, 0.3) is 0 Å². The Bertz CT molecular complexity index is 772. The number of hydrogen-bond acceptors (Lipinski definition) is 3. The van der Waals surface area contributed by atoms with E-state index in [1.165, 1.54) is 18.3 Å². The third-order valence-corrected chi connectivity index (χ3v) is 4.47. The van der Waals surface area contributed by atoms with E-state index in [9.17, 15) is 8.42 Å². The van der Waals surface area contributed by atoms with E-state index in [2.05, 4.69) is 9.93 Å². The molecule has 0 aliphatic carbocycles. The Balaban J connectivity index is 2.14. The molecule has 0 aliphatic heterocycles. The second kappa shape index (κ2) is 6.47. The highest BCUT2D eigenvalue weighted by atomic mass is 35.5. The first-order chi connectivity index (χ1) is 9.88. The summed E-state index contributed by atoms with van der Waals surface area (Å²) in [4.78, 5) is 2.28. The molecule has 21 heavy (non-hydrogen) atoms. The van der Waals surface area contributed by atoms with Gasteiger partial charge in [-0.05, 0) is 31.2 Å². The molecule has 7 heteroatoms. The lowest BCUT2D eigenvalue weighted by atomic mass is 10.2. The van der Waals surface area contributed by atoms with E-state index < -0.39 is 10.0 Å². The molecule has 0 radical (unpaired) electrons. The summed E-state index contributed by atoms with van der Waals surface area (Å²) < 4.78 is 24.0. The number of rotatable bonds is 4. The van der Waals surface area contributed by atoms with E-state index in [0.717, 1.165) is 5.56 Å². The molecule has 0 aromatic heterocycles. The predicted molar refractivity (Wildman–Crippen MR) is 85.6 cm³/mol. The largest absolute Gasteiger partial charge is 0.276 e. The fourth-order valence-corrected chi connectivity index (χ4v) is 2.79. The van der Waals surface area contributed by atoms with Crippen LogP contribution in [-0.4, -0.2) is 14.6 Å². The zero-order chi connectivity index (χ0) is 15.5. The Labute approximate surface area is 133 Å². The molecule has 2 aromatic carbocycles. The zero-order valence-electron chi connectivity index (χ0n) is 11.0. The molecule has 0 unspecified atom stereocenters. The van der Waals surface area contributed by atoms with E-state index in [4.69, 9.17) is 23.2 Å². The van der Waals surface area contributed by atoms with E-state index in [1.807, 2.05) is 6.92 Å². The average molecular weight is 343 g/mol. The molecule has 4 nitrogen and oxygen atoms in total. The quantitative estimate of drug-likeness (QED) is 0.681. The fourth-order valence-electron chi connectivity index (χ4n) is 1.54. The molecule has 0 amide bonds. The standard InChI is InChI=1S/C14H12Cl2N2O2S/c1-10-2-6-13(7-3-10)21(19,20)18-17-9-11-4-5-12(15)8-14(11)16/h2-9,18H,1H3/b17-9+. The van der Waals surface area contributed by atoms with Crippen molar-refractivity contribution in [1.29, 1.82) is 0 Å². The maximum absolute atomic E-state index is 12.0. The number of hydrazone groups is 1. The number of hydrogen-bond donors (Lipinski definition) is 1. The van der Waals surface area contributed by atoms with Crippen LogP contribution in [0, 0.1) is 6.92 Å². The molecule has 2 rings (SSSR count). The summed E-state index contributed by atoms with van der Waals surface area (Å²) in [5.74, 6) is 0. The molecule has 1 N–H and O–H groups in total. The molecule has 0 fully saturated rings. The van der Waals surface area contributed by atoms with Crippen LogP contribution in [0.4, 0.5) is 0 Å². The van der Waals surface area contributed by atoms with E-state index in [-0.39, 0.29) is 4.90 Å². The summed E-state index contributed by atoms with van der Waals surface area (Å²) in [5.41, 5.74) is 1.54. The second-order valence-corrected chi connectivity index (χ2v) is 6.84. The lowest BCUT2D eigenvalue weighted by molar-refractivity contribution is 0.584. The first kappa shape index (κ1) is 15.8. The highest BCUT2D eigenvalue weighted by molar-refractivity contribution is 7.89. The van der Waals surface area contributed by atoms with Crippen LogP contribution in [0.3, 0.4) is 0 Å². The number of nitrogens with one attached hydrogen (secondary N) is 1. The third-order valence-electron chi connectivity index (χ3n) is 2.67. The maximum atomic E-state index is 12.0. The Morgan fingerprint density at radius 3 is 2.38 bits per heavy atom. The summed E-state index contributed by atoms with van der Waals surface area (Å²) in [6.45, 7) is 1.88. The van der Waals surface area contributed by atoms with Crippen LogP contribution < -0.4 is 4.83 Å². The van der Waals surface area contributed by atoms with Gasteiger partial charge in [-0.3, -0.25) is 0 Å². The monoisotopic (exact) mass is 342 g/mol. The Morgan fingerprint density at radius 1 is 1.10 bits per heavy atom. The predicted octanol–water partition coefficient (Wildman–Crippen LogP) is 3.61. The van der Waals surface area contributed by atoms with E-state index in [0.29, 0.717) is 15.6 Å². The number of benzene rings is 2. The van der Waals surface area contributed by atoms with Crippen LogP contribution in [-0.2, 0) is 10.0 Å². The van der Waals surface area contributed by atoms with Gasteiger partial charge in [0.2, 0.25) is 0 Å². The third kappa shape index (κ3) is 4.20. The van der Waals surface area contributed by atoms with Gasteiger partial charge in [-0.15, -0.1) is 0 Å². The number of sulfonamides is 1. The van der Waals surface area contributed by atoms with Gasteiger partial charge in [-0.2, -0.15) is 13.5 Å². The van der Waals surface area contributed by atoms with Crippen LogP contribution >= 0.6 is 23.2 Å². The van der Waals surface area contributed by atoms with Gasteiger partial charge >= 0.3 is 0 Å². The van der Waals surface area contributed by atoms with Gasteiger partial charge in [0, 0.05) is 10.6 Å². The molecule has 0 saturated carbocycles. The normalized spacial score (nSPS) is 11.8. The smallest absolute Gasteiger partial charge is 0.200 e. The molecule has 2 aromatic rings. The van der Waals surface area contributed by atoms with Crippen LogP contribution in [0.5, 0.6) is 0 Å². The Kier molecular flexibility index (Phi) is 4.88. The molecule has 0 bridgehead atoms. The van der Waals surface area contributed by atoms with Crippen LogP contribution in [0.2, 0.25) is 10.0 Å². The Hall–Kier alpha value is -1.56. The first-order valence-electron chi connectivity index (χ1n) is 5.95. The van der Waals surface area contributed by atoms with Crippen LogP contribution in [0.1, 0.15) is 11.1 Å². The van der Waals surface area contributed by atoms with Crippen molar-refractivity contribution in [2.24, 2.45) is 5.10 Å². The SMILES string of the molecule is Cc1ccc(S(=O)(=O)N/N=C/c2ccc(Cl)cc2Cl)cc1. The molecule has 0 aliphatic rings. The lowest BCUT2D eigenvalue weighted by Gasteiger charge is -2.04. The first-order valence-corrected chi connectivity index (χ1v) is 8.19. The van der Waals surface area contributed by atoms with Gasteiger partial charge in [-0.25, -0.2) is 4.83 Å². The molecule has 0 spiro atoms. The van der Waals surface area contributed by atoms with Gasteiger partial charge in [0.25, 0.3) is 10.0 Å². The number of nitrogens with zero attached hydrogens (tertiary/aromatic N) is 1. The summed E-state index contributed by atoms with van der Waals surface area (Å²) in [7, 11) is -3.69. The summed E-state index contributed by atoms with van der Waals surface area (Å²) in [5, 5.41) is 4.60. The molecule has 0 atom stereocenters. The Morgan fingerprint density at radius 2 is 1.76 bits per heavy atom. The van der Waals surface area contributed by atoms with E-state index in [1.54, 1.807) is 30.3 Å². The molecule has 0 saturated heterocycles. The molecular weight excluding hydrogens is 331 g/mol. The zero-order valence-corrected chi connectivity index (χ0v) is 13.4. The van der Waals surface area contributed by atoms with Gasteiger partial charge in [-0.1, -0.05) is 47.0 Å². The van der Waals surface area contributed by atoms with Crippen molar-refractivity contribution in [2.45, 2.75) is 11.8 Å². The van der Waals surface area contributed by atoms with E-state index >= 15 is 0 Å². The molecular formula is C14H12Cl2N2O2S. The second-order valence-electron chi connectivity index (χ2n) is 4.33. The summed E-state index contributed by atoms with van der Waals surface area (Å²) >= 11 is 11.7. The topological polar surface area (TPSA) is 58.5 Å². The molecule has 110 valence electrons. The van der Waals surface area contributed by atoms with Crippen LogP contribution in [0.15, 0.2) is 52.5 Å². The van der Waals surface area contributed by atoms with Gasteiger partial charge in [0.05, 0.1) is 16.1 Å². The minimum absolute atomic E-state index is 0.146. The van der Waals surface area contributed by atoms with Crippen molar-refractivity contribution in [3.63, 3.8) is 0 Å². The highest BCUT2D eigenvalue weighted by Gasteiger charge is 2.11. The van der Waals surface area contributed by atoms with Crippen molar-refractivity contribution in [2.75, 3.05) is 0 Å². The van der Waals surface area contributed by atoms with Crippen molar-refractivity contribution in [3.8, 4) is 0 Å². The lowest BCUT2D eigenvalue weighted by Crippen LogP contribution is -2.18. The summed E-state index contributed by atoms with van der Waals surface area (Å²) in [6, 6.07) is 11.3. The average Bonchev–Trinajstić information content (AvgIpc) is 2.41. The highest BCUT2D eigenvalue weighted by Crippen LogP contribution is 2.19. The van der Waals surface area contributed by atoms with Crippen molar-refractivity contribution in [1.82, 2.24) is 4.83 Å². The minimum Gasteiger partial charge on any atom is -0.200 e. The summed E-state index contributed by atoms with van der Waals surface area (Å²) in [6.07, 6.45) is 1.32. The number of halogens is 2. The molecule has 0 heterocycles. The number of aryl methyl sites for hydroxylation is 1. The van der Waals surface area contributed by atoms with Gasteiger partial charge in [0.15, 0.2) is 0 Å². The van der Waals surface area contributed by atoms with Crippen molar-refractivity contribution < 1.29 is 8.42 Å². The minimum atomic E-state index is -3.69. The van der Waals surface area contributed by atoms with Gasteiger partial charge < -0.3 is 0 Å². The van der Waals surface area contributed by atoms with Crippen molar-refractivity contribution >= 4 is 39.4 Å². The van der Waals surface area contributed by atoms with Crippen molar-refractivity contribution in [3.05, 3.63) is 63.6 Å². The van der Waals surface area contributed by atoms with Gasteiger partial charge in [0.1, 0.15) is 0 Å². The fraction of sp³-hybridized carbons (Fsp3) is 0.0714. The maximum Gasteiger partial charge on any atom is 0.276 e.